The van der Waals surface area contributed by atoms with Crippen LogP contribution in [0, 0.1) is 6.92 Å². The first-order chi connectivity index (χ1) is 13.9. The molecule has 7 nitrogen and oxygen atoms in total. The minimum atomic E-state index is -0.361. The van der Waals surface area contributed by atoms with Crippen molar-refractivity contribution in [3.05, 3.63) is 53.6 Å². The number of likely N-dealkylation sites (N-methyl/N-ethyl adjacent to an activating group) is 1. The highest BCUT2D eigenvalue weighted by Crippen LogP contribution is 2.32. The molecule has 1 amide bonds. The van der Waals surface area contributed by atoms with E-state index in [0.717, 1.165) is 22.6 Å². The Labute approximate surface area is 171 Å². The second kappa shape index (κ2) is 8.96. The van der Waals surface area contributed by atoms with Gasteiger partial charge in [-0.25, -0.2) is 4.79 Å². The Hall–Kier alpha value is -3.06. The fourth-order valence-electron chi connectivity index (χ4n) is 3.37. The zero-order valence-corrected chi connectivity index (χ0v) is 17.3. The summed E-state index contributed by atoms with van der Waals surface area (Å²) in [7, 11) is 5.58. The lowest BCUT2D eigenvalue weighted by molar-refractivity contribution is -0.133. The van der Waals surface area contributed by atoms with Crippen molar-refractivity contribution < 1.29 is 19.1 Å². The van der Waals surface area contributed by atoms with Crippen molar-refractivity contribution >= 4 is 17.6 Å². The van der Waals surface area contributed by atoms with Gasteiger partial charge in [0, 0.05) is 6.54 Å². The van der Waals surface area contributed by atoms with E-state index < -0.39 is 0 Å². The topological polar surface area (TPSA) is 71.1 Å². The van der Waals surface area contributed by atoms with E-state index in [0.29, 0.717) is 12.3 Å². The predicted octanol–water partition coefficient (Wildman–Crippen LogP) is 2.15. The summed E-state index contributed by atoms with van der Waals surface area (Å²) in [6, 6.07) is 13.5. The number of nitrogens with zero attached hydrogens (tertiary/aromatic N) is 2. The first kappa shape index (κ1) is 20.7. The first-order valence-corrected chi connectivity index (χ1v) is 9.50. The van der Waals surface area contributed by atoms with Crippen molar-refractivity contribution in [1.82, 2.24) is 10.2 Å². The summed E-state index contributed by atoms with van der Waals surface area (Å²) in [4.78, 5) is 28.3. The van der Waals surface area contributed by atoms with Crippen molar-refractivity contribution in [1.29, 1.82) is 0 Å². The number of fused-ring (bicyclic) bond motifs is 1. The van der Waals surface area contributed by atoms with Crippen molar-refractivity contribution in [3.8, 4) is 11.5 Å². The third kappa shape index (κ3) is 5.06. The van der Waals surface area contributed by atoms with Gasteiger partial charge in [-0.2, -0.15) is 0 Å². The molecule has 7 heteroatoms. The quantitative estimate of drug-likeness (QED) is 0.570. The molecular weight excluding hydrogens is 370 g/mol. The highest BCUT2D eigenvalue weighted by Gasteiger charge is 2.26. The van der Waals surface area contributed by atoms with E-state index in [4.69, 9.17) is 9.47 Å². The SMILES string of the molecule is COc1ccc(C(CNC(=O)CN2CC(=O)Oc3cc(C)ccc32)N(C)C)cc1. The fourth-order valence-corrected chi connectivity index (χ4v) is 3.37. The van der Waals surface area contributed by atoms with Crippen LogP contribution in [0.5, 0.6) is 11.5 Å². The molecule has 0 bridgehead atoms. The molecule has 0 radical (unpaired) electrons. The maximum atomic E-state index is 12.6. The Morgan fingerprint density at radius 2 is 1.97 bits per heavy atom. The van der Waals surface area contributed by atoms with E-state index >= 15 is 0 Å². The van der Waals surface area contributed by atoms with Crippen LogP contribution in [0.15, 0.2) is 42.5 Å². The number of carbonyl (C=O) groups excluding carboxylic acids is 2. The predicted molar refractivity (Wildman–Crippen MR) is 111 cm³/mol. The van der Waals surface area contributed by atoms with Crippen molar-refractivity contribution in [2.75, 3.05) is 45.7 Å². The molecule has 0 saturated carbocycles. The number of benzene rings is 2. The Kier molecular flexibility index (Phi) is 6.39. The fraction of sp³-hybridized carbons (Fsp3) is 0.364. The van der Waals surface area contributed by atoms with Gasteiger partial charge in [-0.1, -0.05) is 18.2 Å². The van der Waals surface area contributed by atoms with E-state index in [1.54, 1.807) is 12.0 Å². The Morgan fingerprint density at radius 3 is 2.62 bits per heavy atom. The minimum Gasteiger partial charge on any atom is -0.497 e. The number of hydrogen-bond donors (Lipinski definition) is 1. The number of anilines is 1. The average Bonchev–Trinajstić information content (AvgIpc) is 2.67. The highest BCUT2D eigenvalue weighted by atomic mass is 16.5. The van der Waals surface area contributed by atoms with Crippen molar-refractivity contribution in [3.63, 3.8) is 0 Å². The summed E-state index contributed by atoms with van der Waals surface area (Å²) in [5.74, 6) is 0.784. The van der Waals surface area contributed by atoms with Crippen LogP contribution < -0.4 is 19.7 Å². The monoisotopic (exact) mass is 397 g/mol. The molecule has 1 aliphatic rings. The Balaban J connectivity index is 1.64. The summed E-state index contributed by atoms with van der Waals surface area (Å²) in [5, 5.41) is 2.99. The lowest BCUT2D eigenvalue weighted by Gasteiger charge is -2.30. The normalized spacial score (nSPS) is 14.2. The summed E-state index contributed by atoms with van der Waals surface area (Å²) in [6.07, 6.45) is 0. The third-order valence-corrected chi connectivity index (χ3v) is 4.95. The van der Waals surface area contributed by atoms with E-state index in [2.05, 4.69) is 10.2 Å². The van der Waals surface area contributed by atoms with Gasteiger partial charge < -0.3 is 24.6 Å². The van der Waals surface area contributed by atoms with Gasteiger partial charge >= 0.3 is 5.97 Å². The van der Waals surface area contributed by atoms with Gasteiger partial charge in [-0.3, -0.25) is 4.79 Å². The lowest BCUT2D eigenvalue weighted by atomic mass is 10.1. The minimum absolute atomic E-state index is 0.0195. The van der Waals surface area contributed by atoms with Gasteiger partial charge in [0.05, 0.1) is 25.4 Å². The van der Waals surface area contributed by atoms with Gasteiger partial charge in [-0.15, -0.1) is 0 Å². The van der Waals surface area contributed by atoms with Gasteiger partial charge in [0.2, 0.25) is 5.91 Å². The molecule has 0 spiro atoms. The summed E-state index contributed by atoms with van der Waals surface area (Å²) < 4.78 is 10.5. The molecule has 29 heavy (non-hydrogen) atoms. The lowest BCUT2D eigenvalue weighted by Crippen LogP contribution is -2.45. The maximum Gasteiger partial charge on any atom is 0.331 e. The van der Waals surface area contributed by atoms with Gasteiger partial charge in [0.15, 0.2) is 5.75 Å². The van der Waals surface area contributed by atoms with Crippen molar-refractivity contribution in [2.45, 2.75) is 13.0 Å². The zero-order valence-electron chi connectivity index (χ0n) is 17.3. The molecule has 1 N–H and O–H groups in total. The standard InChI is InChI=1S/C22H27N3O4/c1-15-5-10-18-20(11-15)29-22(27)14-25(18)13-21(26)23-12-19(24(2)3)16-6-8-17(28-4)9-7-16/h5-11,19H,12-14H2,1-4H3,(H,23,26). The average molecular weight is 397 g/mol. The van der Waals surface area contributed by atoms with Gasteiger partial charge in [-0.05, 0) is 56.4 Å². The van der Waals surface area contributed by atoms with E-state index in [-0.39, 0.29) is 31.0 Å². The molecule has 1 heterocycles. The number of amides is 1. The highest BCUT2D eigenvalue weighted by molar-refractivity contribution is 5.89. The van der Waals surface area contributed by atoms with Crippen LogP contribution in [0.1, 0.15) is 17.2 Å². The van der Waals surface area contributed by atoms with E-state index in [1.807, 2.05) is 63.5 Å². The second-order valence-electron chi connectivity index (χ2n) is 7.36. The number of ether oxygens (including phenoxy) is 2. The number of aryl methyl sites for hydroxylation is 1. The second-order valence-corrected chi connectivity index (χ2v) is 7.36. The van der Waals surface area contributed by atoms with Gasteiger partial charge in [0.1, 0.15) is 12.3 Å². The number of methoxy groups -OCH3 is 1. The number of rotatable bonds is 7. The number of esters is 1. The number of hydrogen-bond acceptors (Lipinski definition) is 6. The van der Waals surface area contributed by atoms with Crippen LogP contribution in [0.25, 0.3) is 0 Å². The summed E-state index contributed by atoms with van der Waals surface area (Å²) in [5.41, 5.74) is 2.83. The molecule has 0 aliphatic carbocycles. The molecule has 0 aromatic heterocycles. The number of carbonyl (C=O) groups is 2. The van der Waals surface area contributed by atoms with Crippen LogP contribution in [0.3, 0.4) is 0 Å². The molecule has 2 aromatic carbocycles. The molecular formula is C22H27N3O4. The maximum absolute atomic E-state index is 12.6. The van der Waals surface area contributed by atoms with Crippen LogP contribution in [0.4, 0.5) is 5.69 Å². The summed E-state index contributed by atoms with van der Waals surface area (Å²) >= 11 is 0. The Bertz CT molecular complexity index is 880. The molecule has 2 aromatic rings. The molecule has 0 fully saturated rings. The van der Waals surface area contributed by atoms with Crippen LogP contribution in [-0.4, -0.2) is 57.6 Å². The van der Waals surface area contributed by atoms with E-state index in [9.17, 15) is 9.59 Å². The molecule has 0 saturated heterocycles. The molecule has 1 atom stereocenters. The van der Waals surface area contributed by atoms with Crippen molar-refractivity contribution in [2.24, 2.45) is 0 Å². The number of nitrogens with one attached hydrogen (secondary N) is 1. The van der Waals surface area contributed by atoms with E-state index in [1.165, 1.54) is 0 Å². The largest absolute Gasteiger partial charge is 0.497 e. The Morgan fingerprint density at radius 1 is 1.24 bits per heavy atom. The molecule has 154 valence electrons. The molecule has 1 aliphatic heterocycles. The molecule has 1 unspecified atom stereocenters. The van der Waals surface area contributed by atoms with Crippen LogP contribution >= 0.6 is 0 Å². The van der Waals surface area contributed by atoms with Gasteiger partial charge in [0.25, 0.3) is 0 Å². The van der Waals surface area contributed by atoms with Crippen LogP contribution in [-0.2, 0) is 9.59 Å². The first-order valence-electron chi connectivity index (χ1n) is 9.50. The third-order valence-electron chi connectivity index (χ3n) is 4.95. The zero-order chi connectivity index (χ0) is 21.0. The summed E-state index contributed by atoms with van der Waals surface area (Å²) in [6.45, 7) is 2.53. The van der Waals surface area contributed by atoms with Crippen LogP contribution in [0.2, 0.25) is 0 Å². The molecule has 3 rings (SSSR count). The smallest absolute Gasteiger partial charge is 0.331 e.